The minimum Gasteiger partial charge on any atom is -0.351 e. The molecule has 0 atom stereocenters. The van der Waals surface area contributed by atoms with Crippen LogP contribution in [0.25, 0.3) is 0 Å². The molecule has 0 fully saturated rings. The molecule has 0 aliphatic rings. The van der Waals surface area contributed by atoms with Crippen LogP contribution in [0.4, 0.5) is 0 Å². The summed E-state index contributed by atoms with van der Waals surface area (Å²) in [5.41, 5.74) is 0.803. The Kier molecular flexibility index (Phi) is 4.43. The first kappa shape index (κ1) is 10.5. The highest BCUT2D eigenvalue weighted by Gasteiger charge is 1.86. The highest BCUT2D eigenvalue weighted by atomic mass is 32.1. The van der Waals surface area contributed by atoms with E-state index < -0.39 is 0 Å². The Morgan fingerprint density at radius 3 is 2.64 bits per heavy atom. The fraction of sp³-hybridized carbons (Fsp3) is 0.111. The van der Waals surface area contributed by atoms with Crippen LogP contribution in [0.1, 0.15) is 11.5 Å². The molecule has 0 radical (unpaired) electrons. The number of nitrogens with zero attached hydrogens (tertiary/aromatic N) is 3. The molecule has 0 saturated heterocycles. The molecule has 2 aromatic heterocycles. The van der Waals surface area contributed by atoms with E-state index in [2.05, 4.69) is 32.2 Å². The summed E-state index contributed by atoms with van der Waals surface area (Å²) in [6.07, 6.45) is 6.78. The summed E-state index contributed by atoms with van der Waals surface area (Å²) in [5, 5.41) is 1.54. The third kappa shape index (κ3) is 3.86. The molecule has 1 N–H and O–H groups in total. The number of hydrogen-bond acceptors (Lipinski definition) is 4. The number of aromatic nitrogens is 4. The highest BCUT2D eigenvalue weighted by molar-refractivity contribution is 7.79. The Bertz CT molecular complexity index is 355. The summed E-state index contributed by atoms with van der Waals surface area (Å²) >= 11 is 4.66. The van der Waals surface area contributed by atoms with Gasteiger partial charge in [0.1, 0.15) is 5.82 Å². The largest absolute Gasteiger partial charge is 0.351 e. The van der Waals surface area contributed by atoms with Gasteiger partial charge >= 0.3 is 0 Å². The lowest BCUT2D eigenvalue weighted by Gasteiger charge is -1.89. The van der Waals surface area contributed by atoms with Gasteiger partial charge in [-0.1, -0.05) is 12.2 Å². The highest BCUT2D eigenvalue weighted by Crippen LogP contribution is 1.89. The van der Waals surface area contributed by atoms with Crippen molar-refractivity contribution in [2.24, 2.45) is 0 Å². The first-order valence-corrected chi connectivity index (χ1v) is 4.47. The first-order chi connectivity index (χ1) is 6.83. The monoisotopic (exact) mass is 206 g/mol. The van der Waals surface area contributed by atoms with Gasteiger partial charge in [0.25, 0.3) is 0 Å². The van der Waals surface area contributed by atoms with Crippen molar-refractivity contribution in [1.29, 1.82) is 0 Å². The molecule has 0 amide bonds. The normalized spacial score (nSPS) is 8.64. The van der Waals surface area contributed by atoms with E-state index in [0.717, 1.165) is 11.5 Å². The van der Waals surface area contributed by atoms with Crippen LogP contribution < -0.4 is 0 Å². The van der Waals surface area contributed by atoms with Gasteiger partial charge < -0.3 is 4.98 Å². The Morgan fingerprint density at radius 2 is 2.29 bits per heavy atom. The summed E-state index contributed by atoms with van der Waals surface area (Å²) in [4.78, 5) is 14.3. The predicted octanol–water partition coefficient (Wildman–Crippen LogP) is 1.54. The van der Waals surface area contributed by atoms with E-state index in [0.29, 0.717) is 0 Å². The third-order valence-corrected chi connectivity index (χ3v) is 1.57. The van der Waals surface area contributed by atoms with E-state index in [1.54, 1.807) is 31.0 Å². The topological polar surface area (TPSA) is 54.5 Å². The smallest absolute Gasteiger partial charge is 0.125 e. The van der Waals surface area contributed by atoms with Gasteiger partial charge in [0, 0.05) is 24.0 Å². The van der Waals surface area contributed by atoms with E-state index in [4.69, 9.17) is 0 Å². The van der Waals surface area contributed by atoms with Crippen molar-refractivity contribution in [3.63, 3.8) is 0 Å². The zero-order valence-electron chi connectivity index (χ0n) is 7.71. The molecule has 2 rings (SSSR count). The molecule has 2 heterocycles. The summed E-state index contributed by atoms with van der Waals surface area (Å²) in [6, 6.07) is 1.78. The van der Waals surface area contributed by atoms with Gasteiger partial charge in [-0.3, -0.25) is 0 Å². The van der Waals surface area contributed by atoms with Crippen LogP contribution in [0, 0.1) is 6.92 Å². The second kappa shape index (κ2) is 5.93. The molecule has 72 valence electrons. The van der Waals surface area contributed by atoms with Gasteiger partial charge in [-0.05, 0) is 13.0 Å². The summed E-state index contributed by atoms with van der Waals surface area (Å²) in [5.74, 6) is 0.758. The molecule has 5 heteroatoms. The molecule has 2 aromatic rings. The van der Waals surface area contributed by atoms with Crippen LogP contribution in [0.3, 0.4) is 0 Å². The standard InChI is InChI=1S/C6H6N2S.C3H4N2/c1-5-7-3-2-6(4-9)8-5;1-2-5-3-4-1/h2-4H,1H3;1-3H,(H,4,5). The van der Waals surface area contributed by atoms with Gasteiger partial charge in [-0.15, -0.1) is 0 Å². The molecule has 0 aliphatic carbocycles. The maximum atomic E-state index is 4.66. The molecule has 0 unspecified atom stereocenters. The van der Waals surface area contributed by atoms with E-state index in [1.807, 2.05) is 6.92 Å². The van der Waals surface area contributed by atoms with Crippen molar-refractivity contribution in [3.8, 4) is 0 Å². The number of imidazole rings is 1. The fourth-order valence-electron chi connectivity index (χ4n) is 0.755. The molecular weight excluding hydrogens is 196 g/mol. The number of aromatic amines is 1. The number of hydrogen-bond donors (Lipinski definition) is 1. The molecule has 0 bridgehead atoms. The molecule has 0 aromatic carbocycles. The Balaban J connectivity index is 0.000000165. The first-order valence-electron chi connectivity index (χ1n) is 4.00. The molecule has 4 nitrogen and oxygen atoms in total. The minimum absolute atomic E-state index is 0.758. The minimum atomic E-state index is 0.758. The number of nitrogens with one attached hydrogen (secondary N) is 1. The van der Waals surface area contributed by atoms with Gasteiger partial charge in [-0.25, -0.2) is 15.0 Å². The average Bonchev–Trinajstić information content (AvgIpc) is 2.75. The quantitative estimate of drug-likeness (QED) is 0.719. The second-order valence-electron chi connectivity index (χ2n) is 2.41. The molecule has 0 saturated carbocycles. The van der Waals surface area contributed by atoms with E-state index in [9.17, 15) is 0 Å². The number of rotatable bonds is 1. The number of H-pyrrole nitrogens is 1. The van der Waals surface area contributed by atoms with Crippen LogP contribution in [-0.2, 0) is 0 Å². The molecule has 14 heavy (non-hydrogen) atoms. The van der Waals surface area contributed by atoms with Crippen LogP contribution >= 0.6 is 12.2 Å². The Labute approximate surface area is 87.5 Å². The zero-order valence-corrected chi connectivity index (χ0v) is 8.53. The fourth-order valence-corrected chi connectivity index (χ4v) is 0.887. The van der Waals surface area contributed by atoms with Crippen molar-refractivity contribution in [2.75, 3.05) is 0 Å². The van der Waals surface area contributed by atoms with Crippen molar-refractivity contribution in [1.82, 2.24) is 19.9 Å². The maximum Gasteiger partial charge on any atom is 0.125 e. The van der Waals surface area contributed by atoms with Gasteiger partial charge in [-0.2, -0.15) is 0 Å². The second-order valence-corrected chi connectivity index (χ2v) is 2.64. The molecular formula is C9H10N4S. The van der Waals surface area contributed by atoms with E-state index in [-0.39, 0.29) is 0 Å². The van der Waals surface area contributed by atoms with Crippen LogP contribution in [0.2, 0.25) is 0 Å². The van der Waals surface area contributed by atoms with Gasteiger partial charge in [0.2, 0.25) is 0 Å². The summed E-state index contributed by atoms with van der Waals surface area (Å²) in [7, 11) is 0. The van der Waals surface area contributed by atoms with Gasteiger partial charge in [0.15, 0.2) is 0 Å². The predicted molar refractivity (Wildman–Crippen MR) is 58.1 cm³/mol. The van der Waals surface area contributed by atoms with E-state index >= 15 is 0 Å². The van der Waals surface area contributed by atoms with Crippen molar-refractivity contribution in [2.45, 2.75) is 6.92 Å². The van der Waals surface area contributed by atoms with Crippen LogP contribution in [0.5, 0.6) is 0 Å². The van der Waals surface area contributed by atoms with Crippen molar-refractivity contribution >= 4 is 17.6 Å². The Hall–Kier alpha value is -1.62. The molecule has 0 spiro atoms. The third-order valence-electron chi connectivity index (χ3n) is 1.32. The van der Waals surface area contributed by atoms with E-state index in [1.165, 1.54) is 5.37 Å². The zero-order chi connectivity index (χ0) is 10.2. The number of aryl methyl sites for hydroxylation is 1. The van der Waals surface area contributed by atoms with Crippen LogP contribution in [-0.4, -0.2) is 25.3 Å². The number of thiocarbonyl (C=S) groups is 1. The Morgan fingerprint density at radius 1 is 1.43 bits per heavy atom. The summed E-state index contributed by atoms with van der Waals surface area (Å²) < 4.78 is 0. The summed E-state index contributed by atoms with van der Waals surface area (Å²) in [6.45, 7) is 1.84. The SMILES string of the molecule is Cc1nccc(C=S)n1.c1c[nH]cn1. The lowest BCUT2D eigenvalue weighted by atomic mass is 10.4. The van der Waals surface area contributed by atoms with Crippen molar-refractivity contribution in [3.05, 3.63) is 42.5 Å². The lowest BCUT2D eigenvalue weighted by Crippen LogP contribution is -1.90. The van der Waals surface area contributed by atoms with Crippen LogP contribution in [0.15, 0.2) is 31.0 Å². The van der Waals surface area contributed by atoms with Gasteiger partial charge in [0.05, 0.1) is 12.0 Å². The molecule has 0 aliphatic heterocycles. The maximum absolute atomic E-state index is 4.66. The lowest BCUT2D eigenvalue weighted by molar-refractivity contribution is 1.05. The van der Waals surface area contributed by atoms with Crippen molar-refractivity contribution < 1.29 is 0 Å². The average molecular weight is 206 g/mol.